The predicted octanol–water partition coefficient (Wildman–Crippen LogP) is -0.389. The van der Waals surface area contributed by atoms with Crippen molar-refractivity contribution in [3.05, 3.63) is 21.6 Å². The number of Topliss-reactive ketones (excluding diaryl/α,β-unsaturated/α-hetero) is 1. The van der Waals surface area contributed by atoms with Crippen molar-refractivity contribution in [2.24, 2.45) is 11.7 Å². The molecule has 6 N–H and O–H groups in total. The Morgan fingerprint density at radius 3 is 2.83 bits per heavy atom. The number of fused-ring (bicyclic) bond motifs is 1. The first kappa shape index (κ1) is 21.2. The number of aromatic amines is 1. The number of halogens is 2. The Hall–Kier alpha value is -2.54. The van der Waals surface area contributed by atoms with Crippen LogP contribution in [-0.4, -0.2) is 56.0 Å². The van der Waals surface area contributed by atoms with Gasteiger partial charge in [0.05, 0.1) is 5.02 Å². The smallest absolute Gasteiger partial charge is 0.323 e. The molecule has 1 aliphatic rings. The third-order valence-electron chi connectivity index (χ3n) is 4.54. The number of nitrogens with one attached hydrogen (secondary N) is 1. The van der Waals surface area contributed by atoms with Gasteiger partial charge >= 0.3 is 5.97 Å². The van der Waals surface area contributed by atoms with Crippen LogP contribution in [0.15, 0.2) is 11.0 Å². The Labute approximate surface area is 167 Å². The van der Waals surface area contributed by atoms with Gasteiger partial charge in [-0.05, 0) is 5.92 Å². The molecule has 0 aliphatic carbocycles. The summed E-state index contributed by atoms with van der Waals surface area (Å²) in [6, 6.07) is -1.02. The van der Waals surface area contributed by atoms with Crippen molar-refractivity contribution in [3.63, 3.8) is 0 Å². The summed E-state index contributed by atoms with van der Waals surface area (Å²) in [6.45, 7) is 2.26. The highest BCUT2D eigenvalue weighted by molar-refractivity contribution is 6.35. The Morgan fingerprint density at radius 2 is 2.21 bits per heavy atom. The molecule has 158 valence electrons. The van der Waals surface area contributed by atoms with E-state index in [9.17, 15) is 19.5 Å². The van der Waals surface area contributed by atoms with Crippen LogP contribution in [0.4, 0.5) is 10.3 Å². The molecule has 0 spiro atoms. The van der Waals surface area contributed by atoms with E-state index in [0.29, 0.717) is 0 Å². The van der Waals surface area contributed by atoms with Gasteiger partial charge in [0.25, 0.3) is 11.4 Å². The van der Waals surface area contributed by atoms with E-state index in [0.717, 1.165) is 10.8 Å². The number of esters is 1. The maximum absolute atomic E-state index is 15.1. The highest BCUT2D eigenvalue weighted by atomic mass is 35.5. The summed E-state index contributed by atoms with van der Waals surface area (Å²) in [7, 11) is 0. The number of alkyl halides is 1. The highest BCUT2D eigenvalue weighted by Crippen LogP contribution is 2.38. The number of H-pyrrole nitrogens is 1. The number of carbonyl (C=O) groups excluding carboxylic acids is 2. The van der Waals surface area contributed by atoms with Crippen LogP contribution in [-0.2, 0) is 19.1 Å². The molecule has 2 aromatic heterocycles. The molecule has 29 heavy (non-hydrogen) atoms. The van der Waals surface area contributed by atoms with Gasteiger partial charge < -0.3 is 26.0 Å². The van der Waals surface area contributed by atoms with E-state index >= 15 is 4.39 Å². The summed E-state index contributed by atoms with van der Waals surface area (Å²) >= 11 is 6.01. The van der Waals surface area contributed by atoms with Gasteiger partial charge in [-0.15, -0.1) is 0 Å². The lowest BCUT2D eigenvalue weighted by atomic mass is 10.1. The fourth-order valence-corrected chi connectivity index (χ4v) is 3.08. The molecule has 4 atom stereocenters. The standard InChI is InChI=1S/C16H19ClFN5O6/c1-5(2)8(19)14(27)28-4-16(18)10(25)9(24)13(29-16)23-3-6(17)7-11(23)21-15(20)22-12(7)26/h3,5,8,10,13,25H,4,19H2,1-2H3,(H3,20,21,22,26)/t8-,10-,13+,16+/m0/s1. The maximum Gasteiger partial charge on any atom is 0.323 e. The van der Waals surface area contributed by atoms with E-state index < -0.39 is 48.1 Å². The van der Waals surface area contributed by atoms with Gasteiger partial charge in [0.1, 0.15) is 11.4 Å². The van der Waals surface area contributed by atoms with E-state index in [1.54, 1.807) is 13.8 Å². The molecule has 0 amide bonds. The lowest BCUT2D eigenvalue weighted by Crippen LogP contribution is -2.45. The number of rotatable bonds is 5. The number of hydrogen-bond acceptors (Lipinski definition) is 9. The topological polar surface area (TPSA) is 176 Å². The molecule has 3 rings (SSSR count). The molecule has 1 fully saturated rings. The van der Waals surface area contributed by atoms with Gasteiger partial charge in [0, 0.05) is 6.20 Å². The van der Waals surface area contributed by atoms with Crippen molar-refractivity contribution in [1.29, 1.82) is 0 Å². The summed E-state index contributed by atoms with van der Waals surface area (Å²) in [5.41, 5.74) is 10.3. The lowest BCUT2D eigenvalue weighted by molar-refractivity contribution is -0.216. The summed E-state index contributed by atoms with van der Waals surface area (Å²) in [6.07, 6.45) is -2.88. The van der Waals surface area contributed by atoms with Crippen molar-refractivity contribution in [1.82, 2.24) is 14.5 Å². The third kappa shape index (κ3) is 3.59. The van der Waals surface area contributed by atoms with Gasteiger partial charge in [-0.1, -0.05) is 25.4 Å². The van der Waals surface area contributed by atoms with E-state index in [4.69, 9.17) is 32.5 Å². The molecule has 0 bridgehead atoms. The summed E-state index contributed by atoms with van der Waals surface area (Å²) in [5, 5.41) is 9.87. The molecule has 1 aliphatic heterocycles. The van der Waals surface area contributed by atoms with Crippen molar-refractivity contribution >= 4 is 40.3 Å². The number of carbonyl (C=O) groups is 2. The molecular formula is C16H19ClFN5O6. The zero-order chi connectivity index (χ0) is 21.7. The van der Waals surface area contributed by atoms with Crippen LogP contribution in [0.3, 0.4) is 0 Å². The first-order chi connectivity index (χ1) is 13.5. The number of hydrogen-bond donors (Lipinski definition) is 4. The van der Waals surface area contributed by atoms with Crippen molar-refractivity contribution < 1.29 is 28.6 Å². The Bertz CT molecular complexity index is 1040. The van der Waals surface area contributed by atoms with Gasteiger partial charge in [-0.25, -0.2) is 4.39 Å². The number of aromatic nitrogens is 3. The van der Waals surface area contributed by atoms with Crippen LogP contribution >= 0.6 is 11.6 Å². The minimum absolute atomic E-state index is 0.0923. The van der Waals surface area contributed by atoms with Crippen molar-refractivity contribution in [2.45, 2.75) is 38.1 Å². The molecule has 0 radical (unpaired) electrons. The molecule has 0 unspecified atom stereocenters. The zero-order valence-electron chi connectivity index (χ0n) is 15.4. The summed E-state index contributed by atoms with van der Waals surface area (Å²) < 4.78 is 25.9. The van der Waals surface area contributed by atoms with Crippen LogP contribution in [0, 0.1) is 5.92 Å². The average Bonchev–Trinajstić information content (AvgIpc) is 3.08. The second-order valence-electron chi connectivity index (χ2n) is 6.97. The number of nitrogens with two attached hydrogens (primary N) is 2. The maximum atomic E-state index is 15.1. The van der Waals surface area contributed by atoms with Crippen molar-refractivity contribution in [2.75, 3.05) is 12.3 Å². The summed E-state index contributed by atoms with van der Waals surface area (Å²) in [4.78, 5) is 42.5. The van der Waals surface area contributed by atoms with E-state index in [2.05, 4.69) is 9.97 Å². The molecule has 11 nitrogen and oxygen atoms in total. The first-order valence-electron chi connectivity index (χ1n) is 8.53. The van der Waals surface area contributed by atoms with E-state index in [1.807, 2.05) is 0 Å². The van der Waals surface area contributed by atoms with Gasteiger partial charge in [0.2, 0.25) is 18.0 Å². The monoisotopic (exact) mass is 431 g/mol. The molecule has 0 aromatic carbocycles. The number of aliphatic hydroxyl groups is 1. The Balaban J connectivity index is 1.90. The van der Waals surface area contributed by atoms with Gasteiger partial charge in [0.15, 0.2) is 18.4 Å². The minimum atomic E-state index is -3.04. The van der Waals surface area contributed by atoms with Gasteiger partial charge in [-0.3, -0.25) is 23.9 Å². The number of aliphatic hydroxyl groups excluding tert-OH is 1. The zero-order valence-corrected chi connectivity index (χ0v) is 16.1. The second-order valence-corrected chi connectivity index (χ2v) is 7.38. The normalized spacial score (nSPS) is 25.7. The van der Waals surface area contributed by atoms with Crippen LogP contribution < -0.4 is 17.0 Å². The number of nitrogen functional groups attached to an aromatic ring is 1. The first-order valence-corrected chi connectivity index (χ1v) is 8.90. The summed E-state index contributed by atoms with van der Waals surface area (Å²) in [5.74, 6) is -5.59. The molecule has 13 heteroatoms. The average molecular weight is 432 g/mol. The molecule has 3 heterocycles. The Kier molecular flexibility index (Phi) is 5.38. The largest absolute Gasteiger partial charge is 0.458 e. The molecule has 2 aromatic rings. The SMILES string of the molecule is CC(C)[C@H](N)C(=O)OC[C@@]1(F)O[C@@H](n2cc(Cl)c3c(=O)[nH]c(N)nc32)C(=O)[C@@H]1O. The van der Waals surface area contributed by atoms with E-state index in [1.165, 1.54) is 0 Å². The highest BCUT2D eigenvalue weighted by Gasteiger charge is 2.57. The fraction of sp³-hybridized carbons (Fsp3) is 0.500. The quantitative estimate of drug-likeness (QED) is 0.459. The molecule has 1 saturated heterocycles. The van der Waals surface area contributed by atoms with Crippen LogP contribution in [0.2, 0.25) is 5.02 Å². The number of anilines is 1. The number of ketones is 1. The van der Waals surface area contributed by atoms with Gasteiger partial charge in [-0.2, -0.15) is 4.98 Å². The van der Waals surface area contributed by atoms with Crippen molar-refractivity contribution in [3.8, 4) is 0 Å². The predicted molar refractivity (Wildman–Crippen MR) is 98.5 cm³/mol. The number of nitrogens with zero attached hydrogens (tertiary/aromatic N) is 2. The third-order valence-corrected chi connectivity index (χ3v) is 4.82. The second kappa shape index (κ2) is 7.37. The fourth-order valence-electron chi connectivity index (χ4n) is 2.81. The Morgan fingerprint density at radius 1 is 1.55 bits per heavy atom. The minimum Gasteiger partial charge on any atom is -0.458 e. The lowest BCUT2D eigenvalue weighted by Gasteiger charge is -2.23. The molecular weight excluding hydrogens is 413 g/mol. The van der Waals surface area contributed by atoms with Crippen LogP contribution in [0.25, 0.3) is 11.0 Å². The number of ether oxygens (including phenoxy) is 2. The van der Waals surface area contributed by atoms with E-state index in [-0.39, 0.29) is 27.9 Å². The van der Waals surface area contributed by atoms with Crippen LogP contribution in [0.1, 0.15) is 20.1 Å². The molecule has 0 saturated carbocycles. The van der Waals surface area contributed by atoms with Crippen LogP contribution in [0.5, 0.6) is 0 Å².